The van der Waals surface area contributed by atoms with Crippen molar-refractivity contribution in [2.45, 2.75) is 18.9 Å². The van der Waals surface area contributed by atoms with E-state index in [-0.39, 0.29) is 23.7 Å². The Morgan fingerprint density at radius 3 is 3.00 bits per heavy atom. The molecule has 0 amide bonds. The molecule has 1 fully saturated rings. The summed E-state index contributed by atoms with van der Waals surface area (Å²) in [4.78, 5) is 11.3. The Labute approximate surface area is 103 Å². The summed E-state index contributed by atoms with van der Waals surface area (Å²) in [6.07, 6.45) is 3.31. The number of hydrogen-bond donors (Lipinski definition) is 0. The highest BCUT2D eigenvalue weighted by Gasteiger charge is 2.36. The Morgan fingerprint density at radius 2 is 2.28 bits per heavy atom. The molecule has 0 saturated heterocycles. The minimum atomic E-state index is -0.261. The molecule has 1 heterocycles. The van der Waals surface area contributed by atoms with E-state index in [1.54, 1.807) is 6.07 Å². The van der Waals surface area contributed by atoms with E-state index in [0.29, 0.717) is 0 Å². The topological polar surface area (TPSA) is 44.1 Å². The number of esters is 1. The molecular weight excluding hydrogens is 235 g/mol. The average Bonchev–Trinajstić information content (AvgIpc) is 2.69. The highest BCUT2D eigenvalue weighted by atomic mass is 19.1. The SMILES string of the molecule is COC(=O)C1CC(n2cc3cc(F)ccc3n2)C1. The maximum absolute atomic E-state index is 13.1. The molecule has 3 rings (SSSR count). The molecule has 4 nitrogen and oxygen atoms in total. The summed E-state index contributed by atoms with van der Waals surface area (Å²) >= 11 is 0. The third-order valence-corrected chi connectivity index (χ3v) is 3.51. The number of methoxy groups -OCH3 is 1. The lowest BCUT2D eigenvalue weighted by molar-refractivity contribution is -0.149. The van der Waals surface area contributed by atoms with Crippen LogP contribution in [0.4, 0.5) is 4.39 Å². The fraction of sp³-hybridized carbons (Fsp3) is 0.385. The fourth-order valence-corrected chi connectivity index (χ4v) is 2.37. The van der Waals surface area contributed by atoms with Crippen LogP contribution >= 0.6 is 0 Å². The highest BCUT2D eigenvalue weighted by Crippen LogP contribution is 2.38. The lowest BCUT2D eigenvalue weighted by Crippen LogP contribution is -2.33. The van der Waals surface area contributed by atoms with Gasteiger partial charge in [-0.2, -0.15) is 5.10 Å². The molecule has 2 aromatic rings. The number of rotatable bonds is 2. The molecule has 94 valence electrons. The van der Waals surface area contributed by atoms with Crippen molar-refractivity contribution >= 4 is 16.9 Å². The van der Waals surface area contributed by atoms with Gasteiger partial charge in [0.1, 0.15) is 5.82 Å². The molecule has 1 saturated carbocycles. The Balaban J connectivity index is 1.79. The maximum atomic E-state index is 13.1. The van der Waals surface area contributed by atoms with E-state index in [1.165, 1.54) is 19.2 Å². The predicted molar refractivity (Wildman–Crippen MR) is 63.5 cm³/mol. The van der Waals surface area contributed by atoms with Crippen molar-refractivity contribution in [3.8, 4) is 0 Å². The molecule has 0 bridgehead atoms. The zero-order valence-electron chi connectivity index (χ0n) is 9.97. The number of aromatic nitrogens is 2. The maximum Gasteiger partial charge on any atom is 0.308 e. The molecule has 0 aliphatic heterocycles. The van der Waals surface area contributed by atoms with Gasteiger partial charge in [-0.05, 0) is 31.0 Å². The number of benzene rings is 1. The van der Waals surface area contributed by atoms with Crippen molar-refractivity contribution in [1.82, 2.24) is 9.78 Å². The molecule has 18 heavy (non-hydrogen) atoms. The fourth-order valence-electron chi connectivity index (χ4n) is 2.37. The monoisotopic (exact) mass is 248 g/mol. The molecule has 5 heteroatoms. The predicted octanol–water partition coefficient (Wildman–Crippen LogP) is 2.30. The van der Waals surface area contributed by atoms with Crippen LogP contribution in [0.1, 0.15) is 18.9 Å². The van der Waals surface area contributed by atoms with Crippen LogP contribution in [0.25, 0.3) is 10.9 Å². The summed E-state index contributed by atoms with van der Waals surface area (Å²) in [5, 5.41) is 5.18. The first kappa shape index (κ1) is 11.2. The molecule has 1 aliphatic carbocycles. The Bertz CT molecular complexity index is 602. The van der Waals surface area contributed by atoms with Crippen LogP contribution in [0.5, 0.6) is 0 Å². The highest BCUT2D eigenvalue weighted by molar-refractivity contribution is 5.78. The van der Waals surface area contributed by atoms with Crippen molar-refractivity contribution < 1.29 is 13.9 Å². The summed E-state index contributed by atoms with van der Waals surface area (Å²) in [5.74, 6) is -0.443. The zero-order chi connectivity index (χ0) is 12.7. The molecule has 0 spiro atoms. The van der Waals surface area contributed by atoms with Crippen LogP contribution < -0.4 is 0 Å². The first-order valence-electron chi connectivity index (χ1n) is 5.89. The van der Waals surface area contributed by atoms with Gasteiger partial charge < -0.3 is 4.74 Å². The standard InChI is InChI=1S/C13H13FN2O2/c1-18-13(17)8-5-11(6-8)16-7-9-4-10(14)2-3-12(9)15-16/h2-4,7-8,11H,5-6H2,1H3. The number of nitrogens with zero attached hydrogens (tertiary/aromatic N) is 2. The van der Waals surface area contributed by atoms with Crippen molar-refractivity contribution in [3.05, 3.63) is 30.2 Å². The average molecular weight is 248 g/mol. The number of carbonyl (C=O) groups is 1. The van der Waals surface area contributed by atoms with Crippen molar-refractivity contribution in [2.24, 2.45) is 5.92 Å². The van der Waals surface area contributed by atoms with Gasteiger partial charge in [0.05, 0.1) is 24.6 Å². The molecule has 0 N–H and O–H groups in total. The van der Waals surface area contributed by atoms with E-state index in [2.05, 4.69) is 5.10 Å². The van der Waals surface area contributed by atoms with E-state index in [4.69, 9.17) is 4.74 Å². The van der Waals surface area contributed by atoms with Gasteiger partial charge in [-0.1, -0.05) is 0 Å². The second-order valence-corrected chi connectivity index (χ2v) is 4.66. The summed E-state index contributed by atoms with van der Waals surface area (Å²) in [7, 11) is 1.40. The van der Waals surface area contributed by atoms with Crippen LogP contribution in [0.15, 0.2) is 24.4 Å². The van der Waals surface area contributed by atoms with Gasteiger partial charge in [0, 0.05) is 11.6 Å². The van der Waals surface area contributed by atoms with Gasteiger partial charge >= 0.3 is 5.97 Å². The molecule has 0 atom stereocenters. The second kappa shape index (κ2) is 4.08. The molecule has 1 aliphatic rings. The first-order valence-corrected chi connectivity index (χ1v) is 5.89. The summed E-state index contributed by atoms with van der Waals surface area (Å²) < 4.78 is 19.6. The van der Waals surface area contributed by atoms with Gasteiger partial charge in [-0.15, -0.1) is 0 Å². The quantitative estimate of drug-likeness (QED) is 0.766. The summed E-state index contributed by atoms with van der Waals surface area (Å²) in [6.45, 7) is 0. The molecule has 0 radical (unpaired) electrons. The van der Waals surface area contributed by atoms with Gasteiger partial charge in [-0.3, -0.25) is 9.48 Å². The first-order chi connectivity index (χ1) is 8.67. The Morgan fingerprint density at radius 1 is 1.50 bits per heavy atom. The van der Waals surface area contributed by atoms with Gasteiger partial charge in [0.25, 0.3) is 0 Å². The summed E-state index contributed by atoms with van der Waals surface area (Å²) in [6, 6.07) is 4.74. The molecular formula is C13H13FN2O2. The van der Waals surface area contributed by atoms with Crippen LogP contribution in [-0.4, -0.2) is 22.9 Å². The van der Waals surface area contributed by atoms with E-state index in [1.807, 2.05) is 10.9 Å². The molecule has 1 aromatic heterocycles. The van der Waals surface area contributed by atoms with Gasteiger partial charge in [0.2, 0.25) is 0 Å². The van der Waals surface area contributed by atoms with Gasteiger partial charge in [0.15, 0.2) is 0 Å². The van der Waals surface area contributed by atoms with Crippen molar-refractivity contribution in [2.75, 3.05) is 7.11 Å². The number of ether oxygens (including phenoxy) is 1. The van der Waals surface area contributed by atoms with E-state index in [9.17, 15) is 9.18 Å². The number of fused-ring (bicyclic) bond motifs is 1. The minimum absolute atomic E-state index is 0.0240. The Kier molecular flexibility index (Phi) is 2.54. The van der Waals surface area contributed by atoms with E-state index >= 15 is 0 Å². The third kappa shape index (κ3) is 1.75. The smallest absolute Gasteiger partial charge is 0.308 e. The molecule has 0 unspecified atom stereocenters. The van der Waals surface area contributed by atoms with Gasteiger partial charge in [-0.25, -0.2) is 4.39 Å². The lowest BCUT2D eigenvalue weighted by atomic mass is 9.80. The van der Waals surface area contributed by atoms with Crippen LogP contribution in [0, 0.1) is 11.7 Å². The lowest BCUT2D eigenvalue weighted by Gasteiger charge is -2.33. The number of carbonyl (C=O) groups excluding carboxylic acids is 1. The van der Waals surface area contributed by atoms with Crippen LogP contribution in [0.3, 0.4) is 0 Å². The molecule has 1 aromatic carbocycles. The van der Waals surface area contributed by atoms with Crippen molar-refractivity contribution in [3.63, 3.8) is 0 Å². The second-order valence-electron chi connectivity index (χ2n) is 4.66. The summed E-state index contributed by atoms with van der Waals surface area (Å²) in [5.41, 5.74) is 0.776. The van der Waals surface area contributed by atoms with Crippen LogP contribution in [-0.2, 0) is 9.53 Å². The van der Waals surface area contributed by atoms with Crippen LogP contribution in [0.2, 0.25) is 0 Å². The third-order valence-electron chi connectivity index (χ3n) is 3.51. The largest absolute Gasteiger partial charge is 0.469 e. The van der Waals surface area contributed by atoms with E-state index in [0.717, 1.165) is 23.7 Å². The van der Waals surface area contributed by atoms with E-state index < -0.39 is 0 Å². The Hall–Kier alpha value is -1.91. The minimum Gasteiger partial charge on any atom is -0.469 e. The normalized spacial score (nSPS) is 22.8. The number of hydrogen-bond acceptors (Lipinski definition) is 3. The zero-order valence-corrected chi connectivity index (χ0v) is 9.97. The number of halogens is 1. The van der Waals surface area contributed by atoms with Crippen molar-refractivity contribution in [1.29, 1.82) is 0 Å².